The van der Waals surface area contributed by atoms with E-state index in [0.717, 1.165) is 9.88 Å². The van der Waals surface area contributed by atoms with Crippen molar-refractivity contribution in [2.45, 2.75) is 19.9 Å². The molecule has 0 spiro atoms. The summed E-state index contributed by atoms with van der Waals surface area (Å²) in [7, 11) is 0. The molecule has 3 heterocycles. The third-order valence-electron chi connectivity index (χ3n) is 4.48. The molecular weight excluding hydrogens is 416 g/mol. The number of aryl methyl sites for hydroxylation is 2. The van der Waals surface area contributed by atoms with Gasteiger partial charge in [0, 0.05) is 15.6 Å². The molecule has 1 amide bonds. The van der Waals surface area contributed by atoms with Crippen LogP contribution in [0, 0.1) is 13.8 Å². The third kappa shape index (κ3) is 3.05. The van der Waals surface area contributed by atoms with Gasteiger partial charge in [-0.1, -0.05) is 17.7 Å². The fourth-order valence-electron chi connectivity index (χ4n) is 3.29. The van der Waals surface area contributed by atoms with E-state index < -0.39 is 17.7 Å². The van der Waals surface area contributed by atoms with E-state index in [0.29, 0.717) is 21.3 Å². The normalized spacial score (nSPS) is 16.9. The van der Waals surface area contributed by atoms with Crippen LogP contribution in [-0.4, -0.2) is 21.8 Å². The summed E-state index contributed by atoms with van der Waals surface area (Å²) in [6.07, 6.45) is 0. The van der Waals surface area contributed by atoms with E-state index in [9.17, 15) is 14.7 Å². The molecule has 0 aliphatic carbocycles. The van der Waals surface area contributed by atoms with E-state index >= 15 is 0 Å². The first kappa shape index (κ1) is 18.9. The zero-order chi connectivity index (χ0) is 20.0. The molecule has 1 atom stereocenters. The quantitative estimate of drug-likeness (QED) is 0.573. The number of aliphatic hydroxyl groups excluding tert-OH is 1. The summed E-state index contributed by atoms with van der Waals surface area (Å²) in [5.41, 5.74) is 1.23. The maximum Gasteiger partial charge on any atom is 0.294 e. The summed E-state index contributed by atoms with van der Waals surface area (Å²) < 4.78 is 0. The van der Waals surface area contributed by atoms with Gasteiger partial charge >= 0.3 is 0 Å². The molecule has 0 bridgehead atoms. The van der Waals surface area contributed by atoms with Crippen molar-refractivity contribution in [1.82, 2.24) is 4.98 Å². The topological polar surface area (TPSA) is 70.5 Å². The number of anilines is 1. The van der Waals surface area contributed by atoms with Crippen LogP contribution >= 0.6 is 34.3 Å². The van der Waals surface area contributed by atoms with Gasteiger partial charge in [0.25, 0.3) is 5.91 Å². The number of thiophene rings is 1. The van der Waals surface area contributed by atoms with E-state index in [2.05, 4.69) is 4.98 Å². The summed E-state index contributed by atoms with van der Waals surface area (Å²) in [4.78, 5) is 33.3. The lowest BCUT2D eigenvalue weighted by Crippen LogP contribution is -2.30. The Morgan fingerprint density at radius 3 is 2.50 bits per heavy atom. The second-order valence-electron chi connectivity index (χ2n) is 6.31. The Morgan fingerprint density at radius 1 is 1.21 bits per heavy atom. The molecule has 2 aromatic heterocycles. The molecule has 3 aromatic rings. The van der Waals surface area contributed by atoms with Crippen LogP contribution in [0.3, 0.4) is 0 Å². The number of amides is 1. The Hall–Kier alpha value is -2.48. The standard InChI is InChI=1S/C20H15ClN2O3S2/c1-10-19(28-11(2)22-10)17(24)15-16(14-4-3-9-27-14)23(20(26)18(15)25)13-7-5-12(21)6-8-13/h3-9,16,25H,1-2H3. The summed E-state index contributed by atoms with van der Waals surface area (Å²) in [6, 6.07) is 9.73. The molecule has 1 aromatic carbocycles. The SMILES string of the molecule is Cc1nc(C)c(C(=O)C2=C(O)C(=O)N(c3ccc(Cl)cc3)C2c2cccs2)s1. The number of aromatic nitrogens is 1. The van der Waals surface area contributed by atoms with Gasteiger partial charge in [-0.2, -0.15) is 0 Å². The van der Waals surface area contributed by atoms with Crippen LogP contribution in [-0.2, 0) is 4.79 Å². The van der Waals surface area contributed by atoms with E-state index in [1.54, 1.807) is 31.2 Å². The van der Waals surface area contributed by atoms with E-state index in [-0.39, 0.29) is 11.4 Å². The van der Waals surface area contributed by atoms with Crippen molar-refractivity contribution in [3.63, 3.8) is 0 Å². The van der Waals surface area contributed by atoms with Gasteiger partial charge in [-0.15, -0.1) is 22.7 Å². The highest BCUT2D eigenvalue weighted by molar-refractivity contribution is 7.14. The lowest BCUT2D eigenvalue weighted by atomic mass is 10.00. The van der Waals surface area contributed by atoms with Crippen LogP contribution in [0.15, 0.2) is 53.1 Å². The summed E-state index contributed by atoms with van der Waals surface area (Å²) in [5, 5.41) is 13.8. The molecule has 5 nitrogen and oxygen atoms in total. The Labute approximate surface area is 174 Å². The summed E-state index contributed by atoms with van der Waals surface area (Å²) >= 11 is 8.66. The molecule has 4 rings (SSSR count). The summed E-state index contributed by atoms with van der Waals surface area (Å²) in [6.45, 7) is 3.57. The zero-order valence-electron chi connectivity index (χ0n) is 15.0. The number of nitrogens with zero attached hydrogens (tertiary/aromatic N) is 2. The summed E-state index contributed by atoms with van der Waals surface area (Å²) in [5.74, 6) is -1.50. The Balaban J connectivity index is 1.86. The Morgan fingerprint density at radius 2 is 1.93 bits per heavy atom. The first-order valence-electron chi connectivity index (χ1n) is 8.43. The predicted molar refractivity (Wildman–Crippen MR) is 112 cm³/mol. The molecule has 8 heteroatoms. The number of carbonyl (C=O) groups is 2. The van der Waals surface area contributed by atoms with Crippen molar-refractivity contribution < 1.29 is 14.7 Å². The Bertz CT molecular complexity index is 1100. The molecule has 142 valence electrons. The highest BCUT2D eigenvalue weighted by atomic mass is 35.5. The van der Waals surface area contributed by atoms with Gasteiger partial charge in [0.1, 0.15) is 6.04 Å². The van der Waals surface area contributed by atoms with Gasteiger partial charge < -0.3 is 5.11 Å². The van der Waals surface area contributed by atoms with Gasteiger partial charge in [-0.3, -0.25) is 14.5 Å². The van der Waals surface area contributed by atoms with Crippen LogP contribution in [0.4, 0.5) is 5.69 Å². The molecule has 1 aliphatic rings. The van der Waals surface area contributed by atoms with Crippen molar-refractivity contribution in [2.75, 3.05) is 4.90 Å². The van der Waals surface area contributed by atoms with Crippen LogP contribution < -0.4 is 4.90 Å². The molecule has 0 saturated carbocycles. The first-order valence-corrected chi connectivity index (χ1v) is 10.5. The highest BCUT2D eigenvalue weighted by Crippen LogP contribution is 2.44. The number of thiazole rings is 1. The number of hydrogen-bond acceptors (Lipinski definition) is 6. The second kappa shape index (κ2) is 7.16. The Kier molecular flexibility index (Phi) is 4.82. The largest absolute Gasteiger partial charge is 0.503 e. The predicted octanol–water partition coefficient (Wildman–Crippen LogP) is 5.26. The molecule has 1 N–H and O–H groups in total. The van der Waals surface area contributed by atoms with Crippen molar-refractivity contribution in [3.05, 3.63) is 78.6 Å². The molecule has 0 saturated heterocycles. The highest BCUT2D eigenvalue weighted by Gasteiger charge is 2.45. The van der Waals surface area contributed by atoms with Gasteiger partial charge in [0.15, 0.2) is 5.76 Å². The molecule has 1 unspecified atom stereocenters. The van der Waals surface area contributed by atoms with E-state index in [4.69, 9.17) is 11.6 Å². The van der Waals surface area contributed by atoms with Crippen molar-refractivity contribution in [1.29, 1.82) is 0 Å². The van der Waals surface area contributed by atoms with Crippen LogP contribution in [0.1, 0.15) is 31.3 Å². The van der Waals surface area contributed by atoms with Crippen LogP contribution in [0.25, 0.3) is 0 Å². The van der Waals surface area contributed by atoms with Gasteiger partial charge in [0.2, 0.25) is 5.78 Å². The average Bonchev–Trinajstić information content (AvgIpc) is 3.36. The molecule has 0 fully saturated rings. The number of Topliss-reactive ketones (excluding diaryl/α,β-unsaturated/α-hetero) is 1. The number of ketones is 1. The minimum atomic E-state index is -0.706. The molecular formula is C20H15ClN2O3S2. The third-order valence-corrected chi connectivity index (χ3v) is 6.73. The number of rotatable bonds is 4. The average molecular weight is 431 g/mol. The fraction of sp³-hybridized carbons (Fsp3) is 0.150. The lowest BCUT2D eigenvalue weighted by Gasteiger charge is -2.25. The maximum absolute atomic E-state index is 13.3. The minimum Gasteiger partial charge on any atom is -0.503 e. The molecule has 0 radical (unpaired) electrons. The minimum absolute atomic E-state index is 0.0779. The van der Waals surface area contributed by atoms with Crippen LogP contribution in [0.2, 0.25) is 5.02 Å². The number of halogens is 1. The molecule has 1 aliphatic heterocycles. The monoisotopic (exact) mass is 430 g/mol. The fourth-order valence-corrected chi connectivity index (χ4v) is 5.11. The number of benzene rings is 1. The first-order chi connectivity index (χ1) is 13.4. The maximum atomic E-state index is 13.3. The van der Waals surface area contributed by atoms with E-state index in [1.165, 1.54) is 27.6 Å². The van der Waals surface area contributed by atoms with Gasteiger partial charge in [-0.25, -0.2) is 4.98 Å². The zero-order valence-corrected chi connectivity index (χ0v) is 17.4. The number of aliphatic hydroxyl groups is 1. The van der Waals surface area contributed by atoms with Crippen molar-refractivity contribution in [3.8, 4) is 0 Å². The number of hydrogen-bond donors (Lipinski definition) is 1. The molecule has 28 heavy (non-hydrogen) atoms. The van der Waals surface area contributed by atoms with Crippen molar-refractivity contribution >= 4 is 51.7 Å². The van der Waals surface area contributed by atoms with Gasteiger partial charge in [-0.05, 0) is 49.6 Å². The lowest BCUT2D eigenvalue weighted by molar-refractivity contribution is -0.117. The van der Waals surface area contributed by atoms with E-state index in [1.807, 2.05) is 24.4 Å². The smallest absolute Gasteiger partial charge is 0.294 e. The number of carbonyl (C=O) groups excluding carboxylic acids is 2. The van der Waals surface area contributed by atoms with Gasteiger partial charge in [0.05, 0.1) is 21.2 Å². The van der Waals surface area contributed by atoms with Crippen molar-refractivity contribution in [2.24, 2.45) is 0 Å². The second-order valence-corrected chi connectivity index (χ2v) is 8.93. The van der Waals surface area contributed by atoms with Crippen LogP contribution in [0.5, 0.6) is 0 Å².